The van der Waals surface area contributed by atoms with Gasteiger partial charge in [-0.15, -0.1) is 0 Å². The molecular weight excluding hydrogens is 358 g/mol. The molecule has 0 heterocycles. The van der Waals surface area contributed by atoms with Crippen LogP contribution >= 0.6 is 27.5 Å². The molecule has 112 valence electrons. The Kier molecular flexibility index (Phi) is 4.66. The first-order valence-corrected chi connectivity index (χ1v) is 7.39. The maximum atomic E-state index is 9.74. The van der Waals surface area contributed by atoms with Crippen molar-refractivity contribution >= 4 is 33.2 Å². The molecule has 6 heteroatoms. The van der Waals surface area contributed by atoms with Crippen LogP contribution in [0.2, 0.25) is 5.02 Å². The molecule has 0 fully saturated rings. The van der Waals surface area contributed by atoms with Gasteiger partial charge in [0.25, 0.3) is 0 Å². The molecule has 0 spiro atoms. The molecule has 0 saturated carbocycles. The molecule has 0 radical (unpaired) electrons. The van der Waals surface area contributed by atoms with E-state index in [-0.39, 0.29) is 18.1 Å². The van der Waals surface area contributed by atoms with E-state index >= 15 is 0 Å². The second kappa shape index (κ2) is 6.13. The van der Waals surface area contributed by atoms with Gasteiger partial charge in [-0.2, -0.15) is 0 Å². The van der Waals surface area contributed by atoms with Crippen LogP contribution in [0.25, 0.3) is 0 Å². The van der Waals surface area contributed by atoms with Crippen molar-refractivity contribution in [3.8, 4) is 11.5 Å². The zero-order valence-corrected chi connectivity index (χ0v) is 13.6. The third-order valence-electron chi connectivity index (χ3n) is 3.20. The molecule has 0 amide bonds. The van der Waals surface area contributed by atoms with E-state index in [9.17, 15) is 15.3 Å². The first kappa shape index (κ1) is 15.9. The van der Waals surface area contributed by atoms with Crippen LogP contribution in [0.4, 0.5) is 5.69 Å². The summed E-state index contributed by atoms with van der Waals surface area (Å²) in [6, 6.07) is 9.52. The first-order valence-electron chi connectivity index (χ1n) is 6.22. The summed E-state index contributed by atoms with van der Waals surface area (Å²) in [6.45, 7) is 1.54. The van der Waals surface area contributed by atoms with E-state index in [0.717, 1.165) is 10.2 Å². The fraction of sp³-hybridized carbons (Fsp3) is 0.200. The van der Waals surface area contributed by atoms with E-state index in [1.165, 1.54) is 18.2 Å². The quantitative estimate of drug-likeness (QED) is 0.658. The highest BCUT2D eigenvalue weighted by atomic mass is 79.9. The number of aliphatic hydroxyl groups excluding tert-OH is 1. The van der Waals surface area contributed by atoms with E-state index in [4.69, 9.17) is 11.6 Å². The van der Waals surface area contributed by atoms with E-state index in [0.29, 0.717) is 10.6 Å². The number of anilines is 1. The third kappa shape index (κ3) is 3.61. The summed E-state index contributed by atoms with van der Waals surface area (Å²) in [5.41, 5.74) is 0.433. The van der Waals surface area contributed by atoms with Gasteiger partial charge in [0.2, 0.25) is 0 Å². The lowest BCUT2D eigenvalue weighted by molar-refractivity contribution is 0.223. The second-order valence-corrected chi connectivity index (χ2v) is 6.24. The van der Waals surface area contributed by atoms with E-state index in [1.54, 1.807) is 25.1 Å². The molecule has 0 aliphatic carbocycles. The fourth-order valence-corrected chi connectivity index (χ4v) is 2.51. The molecule has 0 aliphatic heterocycles. The Labute approximate surface area is 136 Å². The molecule has 4 N–H and O–H groups in total. The minimum atomic E-state index is -0.872. The third-order valence-corrected chi connectivity index (χ3v) is 4.41. The Balaban J connectivity index is 2.38. The summed E-state index contributed by atoms with van der Waals surface area (Å²) >= 11 is 9.29. The van der Waals surface area contributed by atoms with Crippen LogP contribution in [0.5, 0.6) is 11.5 Å². The normalized spacial score (nSPS) is 13.7. The summed E-state index contributed by atoms with van der Waals surface area (Å²) in [4.78, 5) is 0. The smallest absolute Gasteiger partial charge is 0.119 e. The van der Waals surface area contributed by atoms with Gasteiger partial charge in [-0.3, -0.25) is 0 Å². The average molecular weight is 373 g/mol. The summed E-state index contributed by atoms with van der Waals surface area (Å²) in [5.74, 6) is -0.132. The molecule has 2 aromatic rings. The fourth-order valence-electron chi connectivity index (χ4n) is 2.01. The van der Waals surface area contributed by atoms with E-state index in [1.807, 2.05) is 0 Å². The molecule has 0 saturated heterocycles. The Bertz CT molecular complexity index is 645. The number of rotatable bonds is 4. The maximum absolute atomic E-state index is 9.74. The molecular formula is C15H15BrClNO3. The van der Waals surface area contributed by atoms with Crippen molar-refractivity contribution in [2.45, 2.75) is 12.5 Å². The molecule has 0 bridgehead atoms. The number of nitrogens with one attached hydrogen (secondary N) is 1. The summed E-state index contributed by atoms with van der Waals surface area (Å²) < 4.78 is 0.730. The number of hydrogen-bond donors (Lipinski definition) is 4. The summed E-state index contributed by atoms with van der Waals surface area (Å²) in [7, 11) is 0. The number of aromatic hydroxyl groups is 2. The van der Waals surface area contributed by atoms with Crippen molar-refractivity contribution in [3.05, 3.63) is 51.5 Å². The molecule has 0 aromatic heterocycles. The van der Waals surface area contributed by atoms with Crippen LogP contribution in [-0.4, -0.2) is 21.9 Å². The lowest BCUT2D eigenvalue weighted by atomic mass is 9.92. The molecule has 4 nitrogen and oxygen atoms in total. The number of phenolic OH excluding ortho intramolecular Hbond substituents is 2. The zero-order valence-electron chi connectivity index (χ0n) is 11.3. The zero-order chi connectivity index (χ0) is 15.6. The summed E-state index contributed by atoms with van der Waals surface area (Å²) in [6.07, 6.45) is 0. The number of phenols is 2. The Morgan fingerprint density at radius 2 is 1.76 bits per heavy atom. The van der Waals surface area contributed by atoms with Gasteiger partial charge in [-0.1, -0.05) is 11.6 Å². The second-order valence-electron chi connectivity index (χ2n) is 4.98. The minimum absolute atomic E-state index is 0.0660. The van der Waals surface area contributed by atoms with E-state index < -0.39 is 5.54 Å². The van der Waals surface area contributed by atoms with Crippen molar-refractivity contribution < 1.29 is 15.3 Å². The minimum Gasteiger partial charge on any atom is -0.508 e. The van der Waals surface area contributed by atoms with Gasteiger partial charge in [-0.25, -0.2) is 0 Å². The lowest BCUT2D eigenvalue weighted by Crippen LogP contribution is -2.35. The topological polar surface area (TPSA) is 72.7 Å². The van der Waals surface area contributed by atoms with Gasteiger partial charge in [-0.05, 0) is 58.7 Å². The van der Waals surface area contributed by atoms with Crippen molar-refractivity contribution in [2.75, 3.05) is 11.9 Å². The Morgan fingerprint density at radius 1 is 1.14 bits per heavy atom. The Morgan fingerprint density at radius 3 is 2.29 bits per heavy atom. The molecule has 2 rings (SSSR count). The highest BCUT2D eigenvalue weighted by Crippen LogP contribution is 2.33. The van der Waals surface area contributed by atoms with Crippen molar-refractivity contribution in [1.82, 2.24) is 0 Å². The van der Waals surface area contributed by atoms with Gasteiger partial charge >= 0.3 is 0 Å². The van der Waals surface area contributed by atoms with Crippen LogP contribution in [0.3, 0.4) is 0 Å². The van der Waals surface area contributed by atoms with Crippen LogP contribution in [0.1, 0.15) is 12.5 Å². The predicted molar refractivity (Wildman–Crippen MR) is 87.0 cm³/mol. The van der Waals surface area contributed by atoms with E-state index in [2.05, 4.69) is 21.2 Å². The van der Waals surface area contributed by atoms with Crippen LogP contribution < -0.4 is 5.32 Å². The lowest BCUT2D eigenvalue weighted by Gasteiger charge is -2.31. The Hall–Kier alpha value is -1.43. The summed E-state index contributed by atoms with van der Waals surface area (Å²) in [5, 5.41) is 32.7. The highest BCUT2D eigenvalue weighted by molar-refractivity contribution is 9.10. The number of halogens is 2. The standard InChI is InChI=1S/C15H15BrClNO3/c1-15(8-19,9-4-11(20)7-12(21)5-9)18-10-2-3-14(17)13(16)6-10/h2-7,18-21H,8H2,1H3. The SMILES string of the molecule is CC(CO)(Nc1ccc(Cl)c(Br)c1)c1cc(O)cc(O)c1. The van der Waals surface area contributed by atoms with Crippen molar-refractivity contribution in [1.29, 1.82) is 0 Å². The predicted octanol–water partition coefficient (Wildman–Crippen LogP) is 3.83. The van der Waals surface area contributed by atoms with Crippen LogP contribution in [-0.2, 0) is 5.54 Å². The number of benzene rings is 2. The number of aliphatic hydroxyl groups is 1. The van der Waals surface area contributed by atoms with Crippen molar-refractivity contribution in [3.63, 3.8) is 0 Å². The van der Waals surface area contributed by atoms with Gasteiger partial charge in [0.1, 0.15) is 11.5 Å². The van der Waals surface area contributed by atoms with Crippen molar-refractivity contribution in [2.24, 2.45) is 0 Å². The van der Waals surface area contributed by atoms with Gasteiger partial charge in [0, 0.05) is 16.2 Å². The monoisotopic (exact) mass is 371 g/mol. The van der Waals surface area contributed by atoms with Gasteiger partial charge in [0.05, 0.1) is 17.2 Å². The van der Waals surface area contributed by atoms with Gasteiger partial charge in [0.15, 0.2) is 0 Å². The first-order chi connectivity index (χ1) is 9.84. The average Bonchev–Trinajstić information content (AvgIpc) is 2.42. The molecule has 0 aliphatic rings. The number of hydrogen-bond acceptors (Lipinski definition) is 4. The maximum Gasteiger partial charge on any atom is 0.119 e. The largest absolute Gasteiger partial charge is 0.508 e. The van der Waals surface area contributed by atoms with Gasteiger partial charge < -0.3 is 20.6 Å². The highest BCUT2D eigenvalue weighted by Gasteiger charge is 2.27. The van der Waals surface area contributed by atoms with Crippen LogP contribution in [0, 0.1) is 0 Å². The molecule has 1 atom stereocenters. The molecule has 1 unspecified atom stereocenters. The molecule has 2 aromatic carbocycles. The molecule has 21 heavy (non-hydrogen) atoms. The van der Waals surface area contributed by atoms with Crippen LogP contribution in [0.15, 0.2) is 40.9 Å².